The molecule has 29 heavy (non-hydrogen) atoms. The van der Waals surface area contributed by atoms with Crippen molar-refractivity contribution in [2.45, 2.75) is 44.3 Å². The summed E-state index contributed by atoms with van der Waals surface area (Å²) in [6, 6.07) is 7.59. The molecule has 1 N–H and O–H groups in total. The van der Waals surface area contributed by atoms with E-state index in [2.05, 4.69) is 10.3 Å². The van der Waals surface area contributed by atoms with Gasteiger partial charge in [-0.25, -0.2) is 13.4 Å². The minimum atomic E-state index is -3.71. The van der Waals surface area contributed by atoms with E-state index in [4.69, 9.17) is 4.74 Å². The van der Waals surface area contributed by atoms with Gasteiger partial charge in [0.1, 0.15) is 5.75 Å². The third-order valence-electron chi connectivity index (χ3n) is 5.16. The summed E-state index contributed by atoms with van der Waals surface area (Å²) in [5.41, 5.74) is 0.957. The number of nitrogens with one attached hydrogen (secondary N) is 1. The van der Waals surface area contributed by atoms with Crippen molar-refractivity contribution in [2.75, 3.05) is 20.2 Å². The van der Waals surface area contributed by atoms with Gasteiger partial charge in [-0.1, -0.05) is 12.1 Å². The lowest BCUT2D eigenvalue weighted by atomic mass is 9.99. The van der Waals surface area contributed by atoms with Crippen LogP contribution < -0.4 is 10.1 Å². The molecular weight excluding hydrogens is 392 g/mol. The zero-order valence-electron chi connectivity index (χ0n) is 17.0. The number of methoxy groups -OCH3 is 1. The van der Waals surface area contributed by atoms with Gasteiger partial charge in [-0.3, -0.25) is 4.79 Å². The van der Waals surface area contributed by atoms with E-state index in [1.165, 1.54) is 10.6 Å². The Bertz CT molecular complexity index is 938. The summed E-state index contributed by atoms with van der Waals surface area (Å²) in [5.74, 6) is 0.255. The standard InChI is InChI=1S/C20H28N4O4S/c1-15(2)23-13-19(22-14-23)29(26,27)24-10-4-5-17(12-24)20(25)21-11-16-6-8-18(28-3)9-7-16/h6-9,13-15,17H,4-5,10-12H2,1-3H3,(H,21,25)/t17-/m0/s1. The van der Waals surface area contributed by atoms with Crippen molar-refractivity contribution in [2.24, 2.45) is 5.92 Å². The highest BCUT2D eigenvalue weighted by molar-refractivity contribution is 7.89. The van der Waals surface area contributed by atoms with Crippen molar-refractivity contribution in [3.63, 3.8) is 0 Å². The number of aromatic nitrogens is 2. The summed E-state index contributed by atoms with van der Waals surface area (Å²) in [6.45, 7) is 4.89. The molecule has 2 heterocycles. The quantitative estimate of drug-likeness (QED) is 0.741. The number of sulfonamides is 1. The molecule has 3 rings (SSSR count). The number of piperidine rings is 1. The summed E-state index contributed by atoms with van der Waals surface area (Å²) >= 11 is 0. The number of amides is 1. The maximum atomic E-state index is 12.9. The molecule has 2 aromatic rings. The van der Waals surface area contributed by atoms with E-state index in [0.717, 1.165) is 11.3 Å². The van der Waals surface area contributed by atoms with Crippen molar-refractivity contribution in [3.05, 3.63) is 42.4 Å². The topological polar surface area (TPSA) is 93.5 Å². The maximum absolute atomic E-state index is 12.9. The Labute approximate surface area is 171 Å². The summed E-state index contributed by atoms with van der Waals surface area (Å²) in [5, 5.41) is 2.95. The first-order valence-corrected chi connectivity index (χ1v) is 11.2. The molecule has 1 aliphatic rings. The van der Waals surface area contributed by atoms with Gasteiger partial charge in [0.05, 0.1) is 19.4 Å². The predicted octanol–water partition coefficient (Wildman–Crippen LogP) is 2.19. The zero-order chi connectivity index (χ0) is 21.0. The second-order valence-electron chi connectivity index (χ2n) is 7.52. The van der Waals surface area contributed by atoms with Gasteiger partial charge in [-0.2, -0.15) is 4.31 Å². The number of ether oxygens (including phenoxy) is 1. The number of hydrogen-bond acceptors (Lipinski definition) is 5. The van der Waals surface area contributed by atoms with Crippen LogP contribution in [-0.2, 0) is 21.4 Å². The van der Waals surface area contributed by atoms with E-state index in [1.54, 1.807) is 17.9 Å². The van der Waals surface area contributed by atoms with Gasteiger partial charge in [-0.15, -0.1) is 0 Å². The van der Waals surface area contributed by atoms with Crippen molar-refractivity contribution < 1.29 is 17.9 Å². The van der Waals surface area contributed by atoms with E-state index in [1.807, 2.05) is 38.1 Å². The van der Waals surface area contributed by atoms with E-state index in [-0.39, 0.29) is 29.4 Å². The molecule has 9 heteroatoms. The number of carbonyl (C=O) groups excluding carboxylic acids is 1. The molecular formula is C20H28N4O4S. The molecule has 0 spiro atoms. The summed E-state index contributed by atoms with van der Waals surface area (Å²) < 4.78 is 34.1. The van der Waals surface area contributed by atoms with Crippen LogP contribution in [0.5, 0.6) is 5.75 Å². The Balaban J connectivity index is 1.62. The zero-order valence-corrected chi connectivity index (χ0v) is 17.9. The first-order valence-electron chi connectivity index (χ1n) is 9.75. The second-order valence-corrected chi connectivity index (χ2v) is 9.41. The molecule has 1 atom stereocenters. The van der Waals surface area contributed by atoms with Gasteiger partial charge in [0, 0.05) is 31.9 Å². The molecule has 0 radical (unpaired) electrons. The molecule has 1 aliphatic heterocycles. The Morgan fingerprint density at radius 3 is 2.66 bits per heavy atom. The van der Waals surface area contributed by atoms with E-state index in [0.29, 0.717) is 25.9 Å². The van der Waals surface area contributed by atoms with Crippen LogP contribution in [0.25, 0.3) is 0 Å². The molecule has 0 bridgehead atoms. The lowest BCUT2D eigenvalue weighted by Gasteiger charge is -2.30. The van der Waals surface area contributed by atoms with Crippen LogP contribution >= 0.6 is 0 Å². The molecule has 0 saturated carbocycles. The molecule has 158 valence electrons. The average molecular weight is 421 g/mol. The normalized spacial score (nSPS) is 18.0. The third-order valence-corrected chi connectivity index (χ3v) is 6.91. The number of hydrogen-bond donors (Lipinski definition) is 1. The Kier molecular flexibility index (Phi) is 6.59. The predicted molar refractivity (Wildman–Crippen MR) is 109 cm³/mol. The van der Waals surface area contributed by atoms with Crippen molar-refractivity contribution in [1.82, 2.24) is 19.2 Å². The monoisotopic (exact) mass is 420 g/mol. The Morgan fingerprint density at radius 1 is 1.31 bits per heavy atom. The fourth-order valence-electron chi connectivity index (χ4n) is 3.32. The van der Waals surface area contributed by atoms with Gasteiger partial charge in [0.25, 0.3) is 10.0 Å². The van der Waals surface area contributed by atoms with Crippen molar-refractivity contribution in [1.29, 1.82) is 0 Å². The molecule has 0 unspecified atom stereocenters. The lowest BCUT2D eigenvalue weighted by molar-refractivity contribution is -0.126. The number of benzene rings is 1. The SMILES string of the molecule is COc1ccc(CNC(=O)[C@H]2CCCN(S(=O)(=O)c3cn(C(C)C)cn3)C2)cc1. The Morgan fingerprint density at radius 2 is 2.03 bits per heavy atom. The molecule has 1 amide bonds. The minimum Gasteiger partial charge on any atom is -0.497 e. The average Bonchev–Trinajstić information content (AvgIpc) is 3.24. The van der Waals surface area contributed by atoms with Crippen LogP contribution in [0.15, 0.2) is 41.8 Å². The van der Waals surface area contributed by atoms with Crippen LogP contribution in [0.1, 0.15) is 38.3 Å². The van der Waals surface area contributed by atoms with E-state index in [9.17, 15) is 13.2 Å². The number of nitrogens with zero attached hydrogens (tertiary/aromatic N) is 3. The fourth-order valence-corrected chi connectivity index (χ4v) is 4.76. The lowest BCUT2D eigenvalue weighted by Crippen LogP contribution is -2.45. The van der Waals surface area contributed by atoms with Crippen LogP contribution in [0.2, 0.25) is 0 Å². The maximum Gasteiger partial charge on any atom is 0.262 e. The van der Waals surface area contributed by atoms with Gasteiger partial charge in [0.15, 0.2) is 5.03 Å². The molecule has 1 fully saturated rings. The molecule has 1 saturated heterocycles. The molecule has 8 nitrogen and oxygen atoms in total. The highest BCUT2D eigenvalue weighted by atomic mass is 32.2. The molecule has 1 aromatic carbocycles. The minimum absolute atomic E-state index is 0.0329. The second kappa shape index (κ2) is 8.96. The fraction of sp³-hybridized carbons (Fsp3) is 0.500. The van der Waals surface area contributed by atoms with E-state index < -0.39 is 10.0 Å². The molecule has 1 aromatic heterocycles. The number of imidazole rings is 1. The summed E-state index contributed by atoms with van der Waals surface area (Å²) in [6.07, 6.45) is 4.39. The van der Waals surface area contributed by atoms with Gasteiger partial charge >= 0.3 is 0 Å². The third kappa shape index (κ3) is 4.97. The number of rotatable bonds is 7. The van der Waals surface area contributed by atoms with Gasteiger partial charge < -0.3 is 14.6 Å². The first kappa shape index (κ1) is 21.3. The number of carbonyl (C=O) groups is 1. The molecule has 0 aliphatic carbocycles. The van der Waals surface area contributed by atoms with Crippen molar-refractivity contribution >= 4 is 15.9 Å². The first-order chi connectivity index (χ1) is 13.8. The van der Waals surface area contributed by atoms with Gasteiger partial charge in [-0.05, 0) is 44.4 Å². The summed E-state index contributed by atoms with van der Waals surface area (Å²) in [4.78, 5) is 16.7. The highest BCUT2D eigenvalue weighted by Gasteiger charge is 2.34. The van der Waals surface area contributed by atoms with E-state index >= 15 is 0 Å². The van der Waals surface area contributed by atoms with Crippen LogP contribution in [0, 0.1) is 5.92 Å². The smallest absolute Gasteiger partial charge is 0.262 e. The van der Waals surface area contributed by atoms with Gasteiger partial charge in [0.2, 0.25) is 5.91 Å². The van der Waals surface area contributed by atoms with Crippen molar-refractivity contribution in [3.8, 4) is 5.75 Å². The van der Waals surface area contributed by atoms with Crippen LogP contribution in [0.4, 0.5) is 0 Å². The van der Waals surface area contributed by atoms with Crippen LogP contribution in [-0.4, -0.2) is 48.4 Å². The van der Waals surface area contributed by atoms with Crippen LogP contribution in [0.3, 0.4) is 0 Å². The largest absolute Gasteiger partial charge is 0.497 e. The Hall–Kier alpha value is -2.39. The summed E-state index contributed by atoms with van der Waals surface area (Å²) in [7, 11) is -2.10. The highest BCUT2D eigenvalue weighted by Crippen LogP contribution is 2.24.